The highest BCUT2D eigenvalue weighted by atomic mass is 31.2. The quantitative estimate of drug-likeness (QED) is 0.637. The van der Waals surface area contributed by atoms with Crippen molar-refractivity contribution in [3.8, 4) is 0 Å². The summed E-state index contributed by atoms with van der Waals surface area (Å²) < 4.78 is 26.7. The fourth-order valence-electron chi connectivity index (χ4n) is 0.884. The van der Waals surface area contributed by atoms with Gasteiger partial charge in [0.05, 0.1) is 19.8 Å². The van der Waals surface area contributed by atoms with E-state index in [4.69, 9.17) is 13.8 Å². The molecule has 0 amide bonds. The highest BCUT2D eigenvalue weighted by Gasteiger charge is 2.33. The minimum atomic E-state index is -3.41. The van der Waals surface area contributed by atoms with E-state index in [1.165, 1.54) is 0 Å². The summed E-state index contributed by atoms with van der Waals surface area (Å²) in [6, 6.07) is 0. The Balaban J connectivity index is 4.23. The van der Waals surface area contributed by atoms with Crippen LogP contribution in [0.25, 0.3) is 0 Å². The largest absolute Gasteiger partial charge is 0.378 e. The Morgan fingerprint density at radius 2 is 1.64 bits per heavy atom. The maximum atomic E-state index is 11.8. The van der Waals surface area contributed by atoms with Crippen LogP contribution in [0.15, 0.2) is 0 Å². The van der Waals surface area contributed by atoms with E-state index in [9.17, 15) is 9.67 Å². The van der Waals surface area contributed by atoms with Crippen LogP contribution in [0.2, 0.25) is 0 Å². The van der Waals surface area contributed by atoms with Crippen molar-refractivity contribution in [2.75, 3.05) is 26.4 Å². The molecule has 0 aromatic heterocycles. The maximum absolute atomic E-state index is 11.8. The first-order valence-electron chi connectivity index (χ1n) is 4.75. The van der Waals surface area contributed by atoms with Gasteiger partial charge in [-0.05, 0) is 20.8 Å². The molecule has 0 unspecified atom stereocenters. The predicted octanol–water partition coefficient (Wildman–Crippen LogP) is 1.61. The number of hydrogen-bond acceptors (Lipinski definition) is 5. The third kappa shape index (κ3) is 4.53. The van der Waals surface area contributed by atoms with Crippen LogP contribution < -0.4 is 0 Å². The second kappa shape index (κ2) is 7.37. The normalized spacial score (nSPS) is 14.3. The molecule has 14 heavy (non-hydrogen) atoms. The van der Waals surface area contributed by atoms with Crippen LogP contribution >= 0.6 is 7.60 Å². The number of aliphatic hydroxyl groups is 1. The molecule has 0 aromatic carbocycles. The van der Waals surface area contributed by atoms with Crippen molar-refractivity contribution < 1.29 is 23.5 Å². The van der Waals surface area contributed by atoms with Gasteiger partial charge in [-0.2, -0.15) is 0 Å². The molecule has 86 valence electrons. The molecule has 0 heterocycles. The molecule has 6 heteroatoms. The van der Waals surface area contributed by atoms with Crippen LogP contribution in [0, 0.1) is 0 Å². The summed E-state index contributed by atoms with van der Waals surface area (Å²) in [4.78, 5) is 0. The van der Waals surface area contributed by atoms with Crippen LogP contribution in [-0.2, 0) is 18.3 Å². The molecule has 1 N–H and O–H groups in total. The highest BCUT2D eigenvalue weighted by molar-refractivity contribution is 7.54. The van der Waals surface area contributed by atoms with Gasteiger partial charge in [0.15, 0.2) is 5.85 Å². The van der Waals surface area contributed by atoms with E-state index >= 15 is 0 Å². The van der Waals surface area contributed by atoms with Gasteiger partial charge in [-0.15, -0.1) is 0 Å². The van der Waals surface area contributed by atoms with Crippen LogP contribution in [0.4, 0.5) is 0 Å². The molecule has 0 saturated heterocycles. The Bertz CT molecular complexity index is 175. The summed E-state index contributed by atoms with van der Waals surface area (Å²) in [6.45, 7) is 6.07. The van der Waals surface area contributed by atoms with Gasteiger partial charge in [-0.25, -0.2) is 0 Å². The zero-order valence-electron chi connectivity index (χ0n) is 8.93. The zero-order chi connectivity index (χ0) is 11.0. The molecule has 0 aliphatic heterocycles. The summed E-state index contributed by atoms with van der Waals surface area (Å²) in [6.07, 6.45) is 0. The zero-order valence-corrected chi connectivity index (χ0v) is 9.83. The minimum absolute atomic E-state index is 0.0340. The van der Waals surface area contributed by atoms with E-state index in [1.54, 1.807) is 20.8 Å². The fraction of sp³-hybridized carbons (Fsp3) is 1.00. The number of rotatable bonds is 8. The number of hydrogen-bond donors (Lipinski definition) is 1. The Morgan fingerprint density at radius 1 is 1.14 bits per heavy atom. The van der Waals surface area contributed by atoms with Gasteiger partial charge in [0, 0.05) is 6.61 Å². The van der Waals surface area contributed by atoms with Crippen LogP contribution in [0.3, 0.4) is 0 Å². The fourth-order valence-corrected chi connectivity index (χ4v) is 2.31. The van der Waals surface area contributed by atoms with Crippen molar-refractivity contribution in [1.29, 1.82) is 0 Å². The second-order valence-corrected chi connectivity index (χ2v) is 4.71. The molecule has 0 aromatic rings. The van der Waals surface area contributed by atoms with E-state index < -0.39 is 13.4 Å². The molecular weight excluding hydrogens is 207 g/mol. The smallest absolute Gasteiger partial charge is 0.361 e. The molecule has 0 bridgehead atoms. The van der Waals surface area contributed by atoms with Gasteiger partial charge in [0.1, 0.15) is 0 Å². The number of aliphatic hydroxyl groups excluding tert-OH is 1. The lowest BCUT2D eigenvalue weighted by atomic mass is 10.7. The van der Waals surface area contributed by atoms with Crippen molar-refractivity contribution >= 4 is 7.60 Å². The predicted molar refractivity (Wildman–Crippen MR) is 53.4 cm³/mol. The molecule has 0 rings (SSSR count). The third-order valence-electron chi connectivity index (χ3n) is 1.45. The molecule has 0 radical (unpaired) electrons. The average Bonchev–Trinajstić information content (AvgIpc) is 2.15. The van der Waals surface area contributed by atoms with Gasteiger partial charge in [-0.1, -0.05) is 0 Å². The summed E-state index contributed by atoms with van der Waals surface area (Å²) in [5.41, 5.74) is 0. The monoisotopic (exact) mass is 226 g/mol. The van der Waals surface area contributed by atoms with Gasteiger partial charge >= 0.3 is 7.60 Å². The van der Waals surface area contributed by atoms with Crippen molar-refractivity contribution in [2.24, 2.45) is 0 Å². The molecule has 1 atom stereocenters. The Morgan fingerprint density at radius 3 is 2.00 bits per heavy atom. The molecule has 0 fully saturated rings. The topological polar surface area (TPSA) is 65.0 Å². The SMILES string of the molecule is CCOC[C@H](O)P(=O)(OCC)OCC. The first-order chi connectivity index (χ1) is 6.60. The lowest BCUT2D eigenvalue weighted by molar-refractivity contribution is 0.0578. The first-order valence-corrected chi connectivity index (χ1v) is 6.36. The van der Waals surface area contributed by atoms with E-state index in [2.05, 4.69) is 0 Å². The lowest BCUT2D eigenvalue weighted by Crippen LogP contribution is -2.19. The molecule has 5 nitrogen and oxygen atoms in total. The summed E-state index contributed by atoms with van der Waals surface area (Å²) >= 11 is 0. The summed E-state index contributed by atoms with van der Waals surface area (Å²) in [5, 5.41) is 9.52. The Kier molecular flexibility index (Phi) is 7.41. The summed E-state index contributed by atoms with van der Waals surface area (Å²) in [7, 11) is -3.41. The standard InChI is InChI=1S/C8H19O5P/c1-4-11-7-8(9)14(10,12-5-2)13-6-3/h8-9H,4-7H2,1-3H3/t8-/m1/s1. The Hall–Kier alpha value is 0.0700. The highest BCUT2D eigenvalue weighted by Crippen LogP contribution is 2.51. The van der Waals surface area contributed by atoms with E-state index in [-0.39, 0.29) is 19.8 Å². The van der Waals surface area contributed by atoms with Crippen LogP contribution in [0.1, 0.15) is 20.8 Å². The molecular formula is C8H19O5P. The maximum Gasteiger partial charge on any atom is 0.361 e. The van der Waals surface area contributed by atoms with Crippen LogP contribution in [-0.4, -0.2) is 37.4 Å². The van der Waals surface area contributed by atoms with Crippen LogP contribution in [0.5, 0.6) is 0 Å². The first kappa shape index (κ1) is 14.1. The van der Waals surface area contributed by atoms with Gasteiger partial charge in [-0.3, -0.25) is 4.57 Å². The summed E-state index contributed by atoms with van der Waals surface area (Å²) in [5.74, 6) is -1.21. The Labute approximate surface area is 84.9 Å². The van der Waals surface area contributed by atoms with Crippen molar-refractivity contribution in [2.45, 2.75) is 26.6 Å². The molecule has 0 aliphatic carbocycles. The van der Waals surface area contributed by atoms with Crippen molar-refractivity contribution in [3.05, 3.63) is 0 Å². The molecule has 0 spiro atoms. The van der Waals surface area contributed by atoms with Crippen molar-refractivity contribution in [1.82, 2.24) is 0 Å². The third-order valence-corrected chi connectivity index (χ3v) is 3.57. The molecule has 0 aliphatic rings. The van der Waals surface area contributed by atoms with Gasteiger partial charge < -0.3 is 18.9 Å². The van der Waals surface area contributed by atoms with E-state index in [1.807, 2.05) is 0 Å². The molecule has 0 saturated carbocycles. The minimum Gasteiger partial charge on any atom is -0.378 e. The second-order valence-electron chi connectivity index (χ2n) is 2.52. The number of ether oxygens (including phenoxy) is 1. The van der Waals surface area contributed by atoms with E-state index in [0.717, 1.165) is 0 Å². The van der Waals surface area contributed by atoms with E-state index in [0.29, 0.717) is 6.61 Å². The van der Waals surface area contributed by atoms with Gasteiger partial charge in [0.2, 0.25) is 0 Å². The van der Waals surface area contributed by atoms with Crippen molar-refractivity contribution in [3.63, 3.8) is 0 Å². The van der Waals surface area contributed by atoms with Gasteiger partial charge in [0.25, 0.3) is 0 Å². The average molecular weight is 226 g/mol. The lowest BCUT2D eigenvalue weighted by Gasteiger charge is -2.21.